The lowest BCUT2D eigenvalue weighted by molar-refractivity contribution is 0.325. The highest BCUT2D eigenvalue weighted by atomic mass is 15.1. The lowest BCUT2D eigenvalue weighted by Crippen LogP contribution is -2.28. The third kappa shape index (κ3) is 2.36. The molecule has 1 aliphatic heterocycles. The average Bonchev–Trinajstić information content (AvgIpc) is 2.03. The standard InChI is InChI=1S/C10H16N/c1-3-4-8-11-9-6-5-7-10(11)2/h6-7,9-10H,3-4,8H2,1-2H3/q+1. The molecule has 0 spiro atoms. The van der Waals surface area contributed by atoms with E-state index in [1.807, 2.05) is 6.08 Å². The van der Waals surface area contributed by atoms with Crippen LogP contribution in [0.5, 0.6) is 0 Å². The molecule has 0 saturated heterocycles. The highest BCUT2D eigenvalue weighted by molar-refractivity contribution is 5.06. The maximum absolute atomic E-state index is 3.09. The van der Waals surface area contributed by atoms with E-state index in [9.17, 15) is 0 Å². The van der Waals surface area contributed by atoms with Crippen LogP contribution in [0.15, 0.2) is 18.4 Å². The summed E-state index contributed by atoms with van der Waals surface area (Å²) in [6, 6.07) is 0.534. The summed E-state index contributed by atoms with van der Waals surface area (Å²) in [4.78, 5) is 2.35. The largest absolute Gasteiger partial charge is 0.294 e. The topological polar surface area (TPSA) is 3.24 Å². The first-order chi connectivity index (χ1) is 5.34. The zero-order valence-electron chi connectivity index (χ0n) is 7.38. The Balaban J connectivity index is 2.33. The quantitative estimate of drug-likeness (QED) is 0.558. The van der Waals surface area contributed by atoms with E-state index in [1.54, 1.807) is 0 Å². The first-order valence-electron chi connectivity index (χ1n) is 4.36. The Morgan fingerprint density at radius 2 is 2.36 bits per heavy atom. The zero-order valence-corrected chi connectivity index (χ0v) is 7.38. The Morgan fingerprint density at radius 1 is 1.55 bits per heavy atom. The van der Waals surface area contributed by atoms with Crippen LogP contribution in [0.4, 0.5) is 0 Å². The molecule has 1 heteroatoms. The molecule has 0 saturated carbocycles. The average molecular weight is 150 g/mol. The Morgan fingerprint density at radius 3 is 3.00 bits per heavy atom. The zero-order chi connectivity index (χ0) is 8.10. The maximum Gasteiger partial charge on any atom is 0.176 e. The van der Waals surface area contributed by atoms with Gasteiger partial charge in [0.25, 0.3) is 0 Å². The summed E-state index contributed by atoms with van der Waals surface area (Å²) in [7, 11) is 0. The van der Waals surface area contributed by atoms with Gasteiger partial charge in [-0.15, -0.1) is 0 Å². The van der Waals surface area contributed by atoms with Crippen molar-refractivity contribution in [2.75, 3.05) is 6.54 Å². The van der Waals surface area contributed by atoms with Crippen molar-refractivity contribution in [3.8, 4) is 0 Å². The molecule has 0 fully saturated rings. The smallest absolute Gasteiger partial charge is 0.176 e. The van der Waals surface area contributed by atoms with Crippen LogP contribution in [-0.4, -0.2) is 17.5 Å². The van der Waals surface area contributed by atoms with Crippen molar-refractivity contribution >= 4 is 0 Å². The molecular weight excluding hydrogens is 134 g/mol. The van der Waals surface area contributed by atoms with Crippen molar-refractivity contribution in [3.05, 3.63) is 24.4 Å². The lowest BCUT2D eigenvalue weighted by atomic mass is 10.2. The number of rotatable bonds is 3. The van der Waals surface area contributed by atoms with Crippen molar-refractivity contribution in [2.24, 2.45) is 0 Å². The SMILES string of the molecule is CCCCN1C=C[C+]=CC1C. The molecule has 60 valence electrons. The first-order valence-corrected chi connectivity index (χ1v) is 4.36. The number of hydrogen-bond donors (Lipinski definition) is 0. The Bertz CT molecular complexity index is 158. The van der Waals surface area contributed by atoms with E-state index < -0.39 is 0 Å². The summed E-state index contributed by atoms with van der Waals surface area (Å²) in [5.74, 6) is 0. The van der Waals surface area contributed by atoms with E-state index in [-0.39, 0.29) is 0 Å². The molecule has 0 N–H and O–H groups in total. The van der Waals surface area contributed by atoms with Gasteiger partial charge in [0.1, 0.15) is 6.20 Å². The summed E-state index contributed by atoms with van der Waals surface area (Å²) in [5.41, 5.74) is 0. The molecule has 1 atom stereocenters. The van der Waals surface area contributed by atoms with Crippen LogP contribution in [0.2, 0.25) is 0 Å². The van der Waals surface area contributed by atoms with E-state index >= 15 is 0 Å². The van der Waals surface area contributed by atoms with Crippen molar-refractivity contribution in [2.45, 2.75) is 32.7 Å². The number of hydrogen-bond acceptors (Lipinski definition) is 1. The second-order valence-corrected chi connectivity index (χ2v) is 2.98. The molecule has 0 aromatic rings. The molecule has 0 bridgehead atoms. The summed E-state index contributed by atoms with van der Waals surface area (Å²) >= 11 is 0. The van der Waals surface area contributed by atoms with E-state index in [4.69, 9.17) is 0 Å². The molecule has 0 radical (unpaired) electrons. The van der Waals surface area contributed by atoms with Crippen molar-refractivity contribution in [1.82, 2.24) is 4.90 Å². The van der Waals surface area contributed by atoms with E-state index in [0.29, 0.717) is 6.04 Å². The fourth-order valence-corrected chi connectivity index (χ4v) is 1.18. The van der Waals surface area contributed by atoms with Gasteiger partial charge in [-0.25, -0.2) is 0 Å². The Kier molecular flexibility index (Phi) is 3.13. The van der Waals surface area contributed by atoms with Crippen molar-refractivity contribution in [3.63, 3.8) is 0 Å². The van der Waals surface area contributed by atoms with Crippen molar-refractivity contribution < 1.29 is 0 Å². The second kappa shape index (κ2) is 4.15. The van der Waals surface area contributed by atoms with Gasteiger partial charge >= 0.3 is 0 Å². The van der Waals surface area contributed by atoms with E-state index in [2.05, 4.69) is 37.1 Å². The molecule has 1 heterocycles. The summed E-state index contributed by atoms with van der Waals surface area (Å²) in [5, 5.41) is 0. The molecule has 0 aromatic carbocycles. The molecule has 11 heavy (non-hydrogen) atoms. The van der Waals surface area contributed by atoms with Crippen LogP contribution >= 0.6 is 0 Å². The fourth-order valence-electron chi connectivity index (χ4n) is 1.18. The predicted molar refractivity (Wildman–Crippen MR) is 48.0 cm³/mol. The van der Waals surface area contributed by atoms with E-state index in [0.717, 1.165) is 0 Å². The van der Waals surface area contributed by atoms with Crippen LogP contribution in [0.3, 0.4) is 0 Å². The number of nitrogens with zero attached hydrogens (tertiary/aromatic N) is 1. The van der Waals surface area contributed by atoms with Gasteiger partial charge in [-0.05, 0) is 13.3 Å². The van der Waals surface area contributed by atoms with Crippen LogP contribution < -0.4 is 0 Å². The van der Waals surface area contributed by atoms with Gasteiger partial charge in [-0.1, -0.05) is 13.3 Å². The number of allylic oxidation sites excluding steroid dienone is 2. The molecule has 1 nitrogen and oxygen atoms in total. The minimum Gasteiger partial charge on any atom is -0.294 e. The minimum atomic E-state index is 0.534. The molecular formula is C10H16N+. The lowest BCUT2D eigenvalue weighted by Gasteiger charge is -2.20. The van der Waals surface area contributed by atoms with Crippen molar-refractivity contribution in [1.29, 1.82) is 0 Å². The highest BCUT2D eigenvalue weighted by Gasteiger charge is 2.14. The maximum atomic E-state index is 3.09. The monoisotopic (exact) mass is 150 g/mol. The molecule has 1 rings (SSSR count). The molecule has 1 aliphatic rings. The van der Waals surface area contributed by atoms with Crippen LogP contribution in [0.1, 0.15) is 26.7 Å². The number of unbranched alkanes of at least 4 members (excludes halogenated alkanes) is 1. The minimum absolute atomic E-state index is 0.534. The second-order valence-electron chi connectivity index (χ2n) is 2.98. The normalized spacial score (nSPS) is 22.0. The van der Waals surface area contributed by atoms with E-state index in [1.165, 1.54) is 19.4 Å². The van der Waals surface area contributed by atoms with Gasteiger partial charge in [0, 0.05) is 6.54 Å². The molecule has 0 aromatic heterocycles. The third-order valence-corrected chi connectivity index (χ3v) is 1.99. The summed E-state index contributed by atoms with van der Waals surface area (Å²) < 4.78 is 0. The Hall–Kier alpha value is -0.810. The Labute approximate surface area is 69.4 Å². The summed E-state index contributed by atoms with van der Waals surface area (Å²) in [6.45, 7) is 5.60. The van der Waals surface area contributed by atoms with Gasteiger partial charge in [-0.2, -0.15) is 0 Å². The van der Waals surface area contributed by atoms with Crippen LogP contribution in [0, 0.1) is 6.08 Å². The first kappa shape index (κ1) is 8.29. The third-order valence-electron chi connectivity index (χ3n) is 1.99. The van der Waals surface area contributed by atoms with Gasteiger partial charge in [-0.3, -0.25) is 4.90 Å². The molecule has 0 amide bonds. The molecule has 0 aliphatic carbocycles. The predicted octanol–water partition coefficient (Wildman–Crippen LogP) is 2.36. The fraction of sp³-hybridized carbons (Fsp3) is 0.600. The van der Waals surface area contributed by atoms with Gasteiger partial charge in [0.15, 0.2) is 6.08 Å². The van der Waals surface area contributed by atoms with Crippen LogP contribution in [-0.2, 0) is 0 Å². The highest BCUT2D eigenvalue weighted by Crippen LogP contribution is 2.07. The van der Waals surface area contributed by atoms with Gasteiger partial charge in [0.2, 0.25) is 0 Å². The van der Waals surface area contributed by atoms with Gasteiger partial charge in [0.05, 0.1) is 18.2 Å². The van der Waals surface area contributed by atoms with Gasteiger partial charge < -0.3 is 0 Å². The van der Waals surface area contributed by atoms with Crippen LogP contribution in [0.25, 0.3) is 0 Å². The summed E-state index contributed by atoms with van der Waals surface area (Å²) in [6.07, 6.45) is 11.9. The molecule has 1 unspecified atom stereocenters.